The molecule has 112 valence electrons. The molecule has 1 aromatic heterocycles. The summed E-state index contributed by atoms with van der Waals surface area (Å²) in [5.41, 5.74) is 0. The number of piperidine rings is 1. The average molecular weight is 310 g/mol. The maximum atomic E-state index is 12.8. The van der Waals surface area contributed by atoms with E-state index in [0.29, 0.717) is 5.22 Å². The predicted molar refractivity (Wildman–Crippen MR) is 79.0 cm³/mol. The number of ether oxygens (including phenoxy) is 1. The van der Waals surface area contributed by atoms with Gasteiger partial charge >= 0.3 is 0 Å². The lowest BCUT2D eigenvalue weighted by Gasteiger charge is -2.31. The van der Waals surface area contributed by atoms with E-state index in [2.05, 4.69) is 4.90 Å². The van der Waals surface area contributed by atoms with E-state index in [-0.39, 0.29) is 11.9 Å². The van der Waals surface area contributed by atoms with Gasteiger partial charge in [-0.1, -0.05) is 0 Å². The molecule has 0 saturated carbocycles. The second kappa shape index (κ2) is 6.50. The Morgan fingerprint density at radius 1 is 1.14 bits per heavy atom. The Hall–Kier alpha value is -1.52. The monoisotopic (exact) mass is 309 g/mol. The number of nitrogens with zero attached hydrogens (tertiary/aromatic N) is 1. The molecule has 1 fully saturated rings. The van der Waals surface area contributed by atoms with Crippen molar-refractivity contribution in [2.75, 3.05) is 13.1 Å². The van der Waals surface area contributed by atoms with E-state index in [4.69, 9.17) is 20.8 Å². The molecule has 1 aliphatic heterocycles. The van der Waals surface area contributed by atoms with Gasteiger partial charge in [-0.2, -0.15) is 0 Å². The average Bonchev–Trinajstić information content (AvgIpc) is 2.89. The number of likely N-dealkylation sites (tertiary alicyclic amines) is 1. The van der Waals surface area contributed by atoms with Crippen molar-refractivity contribution in [3.05, 3.63) is 53.2 Å². The van der Waals surface area contributed by atoms with E-state index in [9.17, 15) is 4.39 Å². The van der Waals surface area contributed by atoms with Gasteiger partial charge in [-0.3, -0.25) is 4.90 Å². The summed E-state index contributed by atoms with van der Waals surface area (Å²) in [6, 6.07) is 9.86. The molecule has 0 unspecified atom stereocenters. The molecule has 0 atom stereocenters. The van der Waals surface area contributed by atoms with Crippen LogP contribution in [0.15, 0.2) is 40.8 Å². The SMILES string of the molecule is Fc1ccc(OC2CCN(Cc3ccc(Cl)o3)CC2)cc1. The quantitative estimate of drug-likeness (QED) is 0.849. The highest BCUT2D eigenvalue weighted by Crippen LogP contribution is 2.21. The molecule has 0 radical (unpaired) electrons. The molecule has 1 aromatic carbocycles. The van der Waals surface area contributed by atoms with Gasteiger partial charge in [0.2, 0.25) is 0 Å². The molecule has 1 saturated heterocycles. The number of furan rings is 1. The lowest BCUT2D eigenvalue weighted by atomic mass is 10.1. The fourth-order valence-corrected chi connectivity index (χ4v) is 2.71. The third kappa shape index (κ3) is 3.99. The summed E-state index contributed by atoms with van der Waals surface area (Å²) in [6.07, 6.45) is 2.09. The highest BCUT2D eigenvalue weighted by molar-refractivity contribution is 6.28. The van der Waals surface area contributed by atoms with E-state index in [1.54, 1.807) is 18.2 Å². The smallest absolute Gasteiger partial charge is 0.193 e. The van der Waals surface area contributed by atoms with Crippen molar-refractivity contribution in [3.8, 4) is 5.75 Å². The molecule has 1 aliphatic rings. The molecule has 0 N–H and O–H groups in total. The molecule has 3 nitrogen and oxygen atoms in total. The standard InChI is InChI=1S/C16H17ClFNO2/c17-16-6-5-15(21-16)11-19-9-7-14(8-10-19)20-13-3-1-12(18)2-4-13/h1-6,14H,7-11H2. The Balaban J connectivity index is 1.47. The second-order valence-electron chi connectivity index (χ2n) is 5.25. The molecule has 2 aromatic rings. The van der Waals surface area contributed by atoms with Crippen LogP contribution in [-0.2, 0) is 6.54 Å². The predicted octanol–water partition coefficient (Wildman–Crippen LogP) is 4.12. The highest BCUT2D eigenvalue weighted by atomic mass is 35.5. The molecule has 21 heavy (non-hydrogen) atoms. The van der Waals surface area contributed by atoms with Crippen LogP contribution in [0.25, 0.3) is 0 Å². The Labute approximate surface area is 128 Å². The molecule has 0 aliphatic carbocycles. The molecule has 5 heteroatoms. The number of rotatable bonds is 4. The molecule has 2 heterocycles. The zero-order valence-electron chi connectivity index (χ0n) is 11.6. The molecule has 0 bridgehead atoms. The van der Waals surface area contributed by atoms with Crippen LogP contribution in [0.2, 0.25) is 5.22 Å². The first-order valence-electron chi connectivity index (χ1n) is 7.08. The van der Waals surface area contributed by atoms with Crippen molar-refractivity contribution in [2.45, 2.75) is 25.5 Å². The molecule has 0 spiro atoms. The Morgan fingerprint density at radius 2 is 1.86 bits per heavy atom. The minimum Gasteiger partial charge on any atom is -0.490 e. The molecular weight excluding hydrogens is 293 g/mol. The van der Waals surface area contributed by atoms with Gasteiger partial charge in [-0.05, 0) is 60.8 Å². The minimum atomic E-state index is -0.241. The van der Waals surface area contributed by atoms with Crippen LogP contribution >= 0.6 is 11.6 Å². The summed E-state index contributed by atoms with van der Waals surface area (Å²) in [5, 5.41) is 0.430. The topological polar surface area (TPSA) is 25.6 Å². The lowest BCUT2D eigenvalue weighted by molar-refractivity contribution is 0.0928. The molecular formula is C16H17ClFNO2. The number of halogens is 2. The number of benzene rings is 1. The fraction of sp³-hybridized carbons (Fsp3) is 0.375. The first-order chi connectivity index (χ1) is 10.2. The van der Waals surface area contributed by atoms with Crippen LogP contribution in [0.3, 0.4) is 0 Å². The van der Waals surface area contributed by atoms with Crippen molar-refractivity contribution in [3.63, 3.8) is 0 Å². The van der Waals surface area contributed by atoms with Crippen LogP contribution in [0, 0.1) is 5.82 Å². The molecule has 3 rings (SSSR count). The van der Waals surface area contributed by atoms with Crippen LogP contribution in [0.1, 0.15) is 18.6 Å². The van der Waals surface area contributed by atoms with Gasteiger partial charge in [-0.15, -0.1) is 0 Å². The summed E-state index contributed by atoms with van der Waals surface area (Å²) < 4.78 is 24.1. The van der Waals surface area contributed by atoms with Gasteiger partial charge in [0.05, 0.1) is 6.54 Å². The Bertz CT molecular complexity index is 576. The maximum Gasteiger partial charge on any atom is 0.193 e. The van der Waals surface area contributed by atoms with Gasteiger partial charge in [0.15, 0.2) is 5.22 Å². The highest BCUT2D eigenvalue weighted by Gasteiger charge is 2.21. The zero-order chi connectivity index (χ0) is 14.7. The third-order valence-electron chi connectivity index (χ3n) is 3.66. The third-order valence-corrected chi connectivity index (χ3v) is 3.86. The first kappa shape index (κ1) is 14.4. The van der Waals surface area contributed by atoms with E-state index in [0.717, 1.165) is 44.0 Å². The van der Waals surface area contributed by atoms with Crippen LogP contribution in [0.5, 0.6) is 5.75 Å². The maximum absolute atomic E-state index is 12.8. The van der Waals surface area contributed by atoms with E-state index in [1.165, 1.54) is 12.1 Å². The number of hydrogen-bond acceptors (Lipinski definition) is 3. The fourth-order valence-electron chi connectivity index (χ4n) is 2.55. The summed E-state index contributed by atoms with van der Waals surface area (Å²) in [7, 11) is 0. The minimum absolute atomic E-state index is 0.187. The van der Waals surface area contributed by atoms with Crippen LogP contribution in [0.4, 0.5) is 4.39 Å². The van der Waals surface area contributed by atoms with E-state index in [1.807, 2.05) is 6.07 Å². The van der Waals surface area contributed by atoms with Crippen molar-refractivity contribution in [1.29, 1.82) is 0 Å². The van der Waals surface area contributed by atoms with E-state index < -0.39 is 0 Å². The zero-order valence-corrected chi connectivity index (χ0v) is 12.4. The van der Waals surface area contributed by atoms with Gasteiger partial charge < -0.3 is 9.15 Å². The second-order valence-corrected chi connectivity index (χ2v) is 5.63. The molecule has 0 amide bonds. The lowest BCUT2D eigenvalue weighted by Crippen LogP contribution is -2.37. The summed E-state index contributed by atoms with van der Waals surface area (Å²) in [4.78, 5) is 2.32. The van der Waals surface area contributed by atoms with Gasteiger partial charge in [0.25, 0.3) is 0 Å². The normalized spacial score (nSPS) is 17.0. The summed E-state index contributed by atoms with van der Waals surface area (Å²) >= 11 is 5.77. The summed E-state index contributed by atoms with van der Waals surface area (Å²) in [5.74, 6) is 1.37. The van der Waals surface area contributed by atoms with Crippen molar-refractivity contribution < 1.29 is 13.5 Å². The largest absolute Gasteiger partial charge is 0.490 e. The van der Waals surface area contributed by atoms with Crippen LogP contribution < -0.4 is 4.74 Å². The Kier molecular flexibility index (Phi) is 4.46. The van der Waals surface area contributed by atoms with Gasteiger partial charge in [0.1, 0.15) is 23.4 Å². The number of hydrogen-bond donors (Lipinski definition) is 0. The van der Waals surface area contributed by atoms with Gasteiger partial charge in [-0.25, -0.2) is 4.39 Å². The van der Waals surface area contributed by atoms with Crippen LogP contribution in [-0.4, -0.2) is 24.1 Å². The van der Waals surface area contributed by atoms with Gasteiger partial charge in [0, 0.05) is 13.1 Å². The summed E-state index contributed by atoms with van der Waals surface area (Å²) in [6.45, 7) is 2.67. The van der Waals surface area contributed by atoms with Crippen molar-refractivity contribution in [2.24, 2.45) is 0 Å². The van der Waals surface area contributed by atoms with E-state index >= 15 is 0 Å². The Morgan fingerprint density at radius 3 is 2.48 bits per heavy atom. The first-order valence-corrected chi connectivity index (χ1v) is 7.45. The van der Waals surface area contributed by atoms with Crippen molar-refractivity contribution in [1.82, 2.24) is 4.90 Å². The van der Waals surface area contributed by atoms with Crippen molar-refractivity contribution >= 4 is 11.6 Å².